The highest BCUT2D eigenvalue weighted by Crippen LogP contribution is 2.39. The van der Waals surface area contributed by atoms with Gasteiger partial charge in [0.2, 0.25) is 5.91 Å². The predicted molar refractivity (Wildman–Crippen MR) is 83.1 cm³/mol. The summed E-state index contributed by atoms with van der Waals surface area (Å²) in [7, 11) is 0. The number of halogens is 1. The zero-order chi connectivity index (χ0) is 15.5. The first-order valence-corrected chi connectivity index (χ1v) is 7.07. The first kappa shape index (κ1) is 13.0. The molecule has 2 N–H and O–H groups in total. The Labute approximate surface area is 126 Å². The number of aromatic amines is 1. The van der Waals surface area contributed by atoms with Crippen molar-refractivity contribution in [3.63, 3.8) is 0 Å². The summed E-state index contributed by atoms with van der Waals surface area (Å²) < 4.78 is 13.3. The third-order valence-electron chi connectivity index (χ3n) is 4.23. The summed E-state index contributed by atoms with van der Waals surface area (Å²) in [5.41, 5.74) is 3.46. The maximum absolute atomic E-state index is 13.3. The number of benzene rings is 2. The molecule has 0 aliphatic carbocycles. The van der Waals surface area contributed by atoms with Crippen LogP contribution in [0.15, 0.2) is 36.4 Å². The number of imidazole rings is 1. The first-order valence-electron chi connectivity index (χ1n) is 7.07. The molecule has 2 heterocycles. The lowest BCUT2D eigenvalue weighted by Crippen LogP contribution is -2.26. The van der Waals surface area contributed by atoms with Gasteiger partial charge in [-0.2, -0.15) is 0 Å². The number of carbonyl (C=O) groups excluding carboxylic acids is 1. The number of aromatic nitrogens is 2. The van der Waals surface area contributed by atoms with Gasteiger partial charge in [0, 0.05) is 17.3 Å². The molecule has 0 fully saturated rings. The van der Waals surface area contributed by atoms with E-state index in [-0.39, 0.29) is 11.7 Å². The standard InChI is InChI=1S/C17H14FN3O/c1-17(2)11-7-9(3-5-12(11)21-16(17)22)15-19-13-6-4-10(18)8-14(13)20-15/h3-8H,1-2H3,(H,19,20)(H,21,22). The maximum atomic E-state index is 13.3. The molecule has 22 heavy (non-hydrogen) atoms. The number of amides is 1. The molecule has 0 radical (unpaired) electrons. The van der Waals surface area contributed by atoms with Gasteiger partial charge in [-0.15, -0.1) is 0 Å². The van der Waals surface area contributed by atoms with Gasteiger partial charge >= 0.3 is 0 Å². The van der Waals surface area contributed by atoms with Gasteiger partial charge in [0.1, 0.15) is 11.6 Å². The molecule has 0 bridgehead atoms. The topological polar surface area (TPSA) is 57.8 Å². The van der Waals surface area contributed by atoms with Crippen LogP contribution in [0.1, 0.15) is 19.4 Å². The molecular formula is C17H14FN3O. The maximum Gasteiger partial charge on any atom is 0.234 e. The lowest BCUT2D eigenvalue weighted by Gasteiger charge is -2.15. The van der Waals surface area contributed by atoms with Gasteiger partial charge in [0.25, 0.3) is 0 Å². The zero-order valence-electron chi connectivity index (χ0n) is 12.2. The average molecular weight is 295 g/mol. The number of carbonyl (C=O) groups is 1. The highest BCUT2D eigenvalue weighted by molar-refractivity contribution is 6.06. The van der Waals surface area contributed by atoms with Crippen LogP contribution in [0.4, 0.5) is 10.1 Å². The second-order valence-corrected chi connectivity index (χ2v) is 6.09. The summed E-state index contributed by atoms with van der Waals surface area (Å²) in [5, 5.41) is 2.88. The molecular weight excluding hydrogens is 281 g/mol. The van der Waals surface area contributed by atoms with Crippen molar-refractivity contribution < 1.29 is 9.18 Å². The molecule has 0 unspecified atom stereocenters. The van der Waals surface area contributed by atoms with Crippen molar-refractivity contribution in [1.29, 1.82) is 0 Å². The summed E-state index contributed by atoms with van der Waals surface area (Å²) in [4.78, 5) is 19.6. The molecule has 1 amide bonds. The Morgan fingerprint density at radius 2 is 1.95 bits per heavy atom. The van der Waals surface area contributed by atoms with Crippen LogP contribution in [0.2, 0.25) is 0 Å². The van der Waals surface area contributed by atoms with Gasteiger partial charge in [0.15, 0.2) is 0 Å². The molecule has 5 heteroatoms. The van der Waals surface area contributed by atoms with E-state index in [1.165, 1.54) is 12.1 Å². The van der Waals surface area contributed by atoms with Crippen LogP contribution in [0.25, 0.3) is 22.4 Å². The van der Waals surface area contributed by atoms with E-state index in [1.807, 2.05) is 32.0 Å². The molecule has 4 nitrogen and oxygen atoms in total. The van der Waals surface area contributed by atoms with E-state index in [1.54, 1.807) is 6.07 Å². The average Bonchev–Trinajstić information content (AvgIpc) is 2.98. The van der Waals surface area contributed by atoms with Crippen LogP contribution >= 0.6 is 0 Å². The van der Waals surface area contributed by atoms with Crippen LogP contribution in [0.3, 0.4) is 0 Å². The Kier molecular flexibility index (Phi) is 2.46. The smallest absolute Gasteiger partial charge is 0.234 e. The summed E-state index contributed by atoms with van der Waals surface area (Å²) in [6.07, 6.45) is 0. The lowest BCUT2D eigenvalue weighted by atomic mass is 9.85. The Morgan fingerprint density at radius 1 is 1.14 bits per heavy atom. The number of hydrogen-bond donors (Lipinski definition) is 2. The molecule has 0 saturated carbocycles. The Bertz CT molecular complexity index is 927. The van der Waals surface area contributed by atoms with E-state index < -0.39 is 5.41 Å². The number of H-pyrrole nitrogens is 1. The van der Waals surface area contributed by atoms with Crippen molar-refractivity contribution in [3.05, 3.63) is 47.8 Å². The minimum absolute atomic E-state index is 0.00803. The van der Waals surface area contributed by atoms with Crippen molar-refractivity contribution in [2.75, 3.05) is 5.32 Å². The summed E-state index contributed by atoms with van der Waals surface area (Å²) in [6.45, 7) is 3.79. The van der Waals surface area contributed by atoms with Crippen molar-refractivity contribution in [3.8, 4) is 11.4 Å². The number of rotatable bonds is 1. The number of nitrogens with one attached hydrogen (secondary N) is 2. The molecule has 3 aromatic rings. The van der Waals surface area contributed by atoms with Gasteiger partial charge in [0.05, 0.1) is 16.4 Å². The van der Waals surface area contributed by atoms with Gasteiger partial charge in [-0.05, 0) is 49.7 Å². The molecule has 4 rings (SSSR count). The van der Waals surface area contributed by atoms with Crippen LogP contribution in [-0.2, 0) is 10.2 Å². The SMILES string of the molecule is CC1(C)C(=O)Nc2ccc(-c3nc4cc(F)ccc4[nH]3)cc21. The fraction of sp³-hybridized carbons (Fsp3) is 0.176. The summed E-state index contributed by atoms with van der Waals surface area (Å²) >= 11 is 0. The molecule has 2 aromatic carbocycles. The first-order chi connectivity index (χ1) is 10.4. The van der Waals surface area contributed by atoms with Crippen LogP contribution < -0.4 is 5.32 Å². The van der Waals surface area contributed by atoms with Crippen molar-refractivity contribution in [2.45, 2.75) is 19.3 Å². The van der Waals surface area contributed by atoms with Gasteiger partial charge in [-0.3, -0.25) is 4.79 Å². The molecule has 0 spiro atoms. The number of anilines is 1. The second-order valence-electron chi connectivity index (χ2n) is 6.09. The van der Waals surface area contributed by atoms with E-state index in [0.29, 0.717) is 11.3 Å². The quantitative estimate of drug-likeness (QED) is 0.720. The number of hydrogen-bond acceptors (Lipinski definition) is 2. The number of fused-ring (bicyclic) bond motifs is 2. The number of nitrogens with zero attached hydrogens (tertiary/aromatic N) is 1. The van der Waals surface area contributed by atoms with E-state index >= 15 is 0 Å². The fourth-order valence-corrected chi connectivity index (χ4v) is 2.83. The normalized spacial score (nSPS) is 15.9. The van der Waals surface area contributed by atoms with Crippen molar-refractivity contribution >= 4 is 22.6 Å². The molecule has 110 valence electrons. The third kappa shape index (κ3) is 1.75. The highest BCUT2D eigenvalue weighted by Gasteiger charge is 2.38. The molecule has 1 aliphatic heterocycles. The highest BCUT2D eigenvalue weighted by atomic mass is 19.1. The molecule has 0 atom stereocenters. The molecule has 1 aliphatic rings. The van der Waals surface area contributed by atoms with Gasteiger partial charge in [-0.1, -0.05) is 0 Å². The summed E-state index contributed by atoms with van der Waals surface area (Å²) in [5.74, 6) is 0.348. The van der Waals surface area contributed by atoms with Gasteiger partial charge < -0.3 is 10.3 Å². The molecule has 0 saturated heterocycles. The van der Waals surface area contributed by atoms with Crippen molar-refractivity contribution in [1.82, 2.24) is 9.97 Å². The lowest BCUT2D eigenvalue weighted by molar-refractivity contribution is -0.119. The van der Waals surface area contributed by atoms with Crippen LogP contribution in [0.5, 0.6) is 0 Å². The second kappa shape index (κ2) is 4.16. The van der Waals surface area contributed by atoms with E-state index in [4.69, 9.17) is 0 Å². The van der Waals surface area contributed by atoms with E-state index in [0.717, 1.165) is 22.3 Å². The Balaban J connectivity index is 1.86. The minimum atomic E-state index is -0.566. The van der Waals surface area contributed by atoms with Crippen LogP contribution in [0, 0.1) is 5.82 Å². The largest absolute Gasteiger partial charge is 0.338 e. The summed E-state index contributed by atoms with van der Waals surface area (Å²) in [6, 6.07) is 10.2. The minimum Gasteiger partial charge on any atom is -0.338 e. The third-order valence-corrected chi connectivity index (χ3v) is 4.23. The fourth-order valence-electron chi connectivity index (χ4n) is 2.83. The van der Waals surface area contributed by atoms with Crippen molar-refractivity contribution in [2.24, 2.45) is 0 Å². The van der Waals surface area contributed by atoms with E-state index in [2.05, 4.69) is 15.3 Å². The Hall–Kier alpha value is -2.69. The zero-order valence-corrected chi connectivity index (χ0v) is 12.2. The van der Waals surface area contributed by atoms with Crippen LogP contribution in [-0.4, -0.2) is 15.9 Å². The molecule has 1 aromatic heterocycles. The van der Waals surface area contributed by atoms with E-state index in [9.17, 15) is 9.18 Å². The monoisotopic (exact) mass is 295 g/mol. The Morgan fingerprint density at radius 3 is 2.77 bits per heavy atom. The predicted octanol–water partition coefficient (Wildman–Crippen LogP) is 3.60. The van der Waals surface area contributed by atoms with Gasteiger partial charge in [-0.25, -0.2) is 9.37 Å².